The van der Waals surface area contributed by atoms with Crippen LogP contribution in [0.2, 0.25) is 0 Å². The van der Waals surface area contributed by atoms with Crippen molar-refractivity contribution >= 4 is 29.3 Å². The summed E-state index contributed by atoms with van der Waals surface area (Å²) in [4.78, 5) is 61.0. The lowest BCUT2D eigenvalue weighted by Crippen LogP contribution is -2.55. The molecule has 2 fully saturated rings. The number of aryl methyl sites for hydroxylation is 1. The van der Waals surface area contributed by atoms with Gasteiger partial charge in [-0.1, -0.05) is 44.4 Å². The van der Waals surface area contributed by atoms with Crippen molar-refractivity contribution in [2.24, 2.45) is 13.0 Å². The fraction of sp³-hybridized carbons (Fsp3) is 0.486. The van der Waals surface area contributed by atoms with E-state index >= 15 is 0 Å². The van der Waals surface area contributed by atoms with Crippen LogP contribution in [-0.2, 0) is 34.4 Å². The van der Waals surface area contributed by atoms with E-state index in [0.29, 0.717) is 30.9 Å². The molecule has 12 heteroatoms. The average Bonchev–Trinajstić information content (AvgIpc) is 3.54. The van der Waals surface area contributed by atoms with E-state index in [1.165, 1.54) is 4.68 Å². The van der Waals surface area contributed by atoms with Gasteiger partial charge in [0.2, 0.25) is 17.7 Å². The van der Waals surface area contributed by atoms with Gasteiger partial charge in [0.25, 0.3) is 5.91 Å². The Kier molecular flexibility index (Phi) is 11.7. The van der Waals surface area contributed by atoms with Crippen molar-refractivity contribution in [3.8, 4) is 0 Å². The largest absolute Gasteiger partial charge is 0.344 e. The quantitative estimate of drug-likeness (QED) is 0.276. The van der Waals surface area contributed by atoms with Crippen molar-refractivity contribution < 1.29 is 19.2 Å². The molecule has 1 saturated carbocycles. The maximum atomic E-state index is 13.6. The van der Waals surface area contributed by atoms with Gasteiger partial charge in [-0.05, 0) is 54.2 Å². The van der Waals surface area contributed by atoms with Crippen LogP contribution in [0.3, 0.4) is 0 Å². The predicted molar refractivity (Wildman–Crippen MR) is 178 cm³/mol. The van der Waals surface area contributed by atoms with Crippen molar-refractivity contribution in [1.29, 1.82) is 0 Å². The minimum Gasteiger partial charge on any atom is -0.344 e. The molecule has 1 aliphatic heterocycles. The van der Waals surface area contributed by atoms with Gasteiger partial charge >= 0.3 is 0 Å². The monoisotopic (exact) mass is 642 g/mol. The summed E-state index contributed by atoms with van der Waals surface area (Å²) < 4.78 is 1.49. The molecule has 12 nitrogen and oxygen atoms in total. The number of amides is 4. The number of carbonyl (C=O) groups excluding carboxylic acids is 4. The summed E-state index contributed by atoms with van der Waals surface area (Å²) in [6, 6.07) is 11.6. The summed E-state index contributed by atoms with van der Waals surface area (Å²) >= 11 is 0. The van der Waals surface area contributed by atoms with Gasteiger partial charge in [-0.2, -0.15) is 5.10 Å². The summed E-state index contributed by atoms with van der Waals surface area (Å²) in [5, 5.41) is 13.0. The SMILES string of the molecule is CCC(=O)NC(Cc1ccc(NC(=O)[C@@H](NC(=O)c2ccnn2C)C2CCCCC2)cc1)C(=O)N1CCN(Cc2cccnc2)CC1. The molecule has 5 rings (SSSR count). The molecule has 1 unspecified atom stereocenters. The molecule has 250 valence electrons. The molecule has 0 bridgehead atoms. The van der Waals surface area contributed by atoms with Crippen molar-refractivity contribution in [1.82, 2.24) is 35.2 Å². The molecule has 3 aromatic rings. The van der Waals surface area contributed by atoms with Crippen molar-refractivity contribution in [3.63, 3.8) is 0 Å². The molecular weight excluding hydrogens is 596 g/mol. The Balaban J connectivity index is 1.20. The zero-order chi connectivity index (χ0) is 33.2. The number of anilines is 1. The number of pyridine rings is 1. The second-order valence-corrected chi connectivity index (χ2v) is 12.5. The molecule has 47 heavy (non-hydrogen) atoms. The lowest BCUT2D eigenvalue weighted by Gasteiger charge is -2.36. The van der Waals surface area contributed by atoms with E-state index in [2.05, 4.69) is 37.0 Å². The van der Waals surface area contributed by atoms with Gasteiger partial charge in [-0.15, -0.1) is 0 Å². The van der Waals surface area contributed by atoms with E-state index in [4.69, 9.17) is 0 Å². The van der Waals surface area contributed by atoms with Gasteiger partial charge in [-0.3, -0.25) is 33.7 Å². The van der Waals surface area contributed by atoms with Gasteiger partial charge in [0, 0.05) is 76.9 Å². The lowest BCUT2D eigenvalue weighted by atomic mass is 9.83. The molecule has 1 saturated heterocycles. The zero-order valence-corrected chi connectivity index (χ0v) is 27.4. The summed E-state index contributed by atoms with van der Waals surface area (Å²) in [6.07, 6.45) is 10.7. The molecule has 2 aromatic heterocycles. The normalized spacial score (nSPS) is 17.0. The fourth-order valence-corrected chi connectivity index (χ4v) is 6.45. The Hall–Kier alpha value is -4.58. The van der Waals surface area contributed by atoms with Gasteiger partial charge in [-0.25, -0.2) is 0 Å². The van der Waals surface area contributed by atoms with Gasteiger partial charge < -0.3 is 20.9 Å². The average molecular weight is 643 g/mol. The van der Waals surface area contributed by atoms with Crippen molar-refractivity contribution in [2.45, 2.75) is 70.5 Å². The number of rotatable bonds is 12. The fourth-order valence-electron chi connectivity index (χ4n) is 6.45. The topological polar surface area (TPSA) is 142 Å². The lowest BCUT2D eigenvalue weighted by molar-refractivity contribution is -0.138. The predicted octanol–water partition coefficient (Wildman–Crippen LogP) is 2.91. The highest BCUT2D eigenvalue weighted by Crippen LogP contribution is 2.27. The third-order valence-corrected chi connectivity index (χ3v) is 9.17. The number of piperazine rings is 1. The first-order chi connectivity index (χ1) is 22.8. The maximum absolute atomic E-state index is 13.6. The number of nitrogens with one attached hydrogen (secondary N) is 3. The second kappa shape index (κ2) is 16.3. The van der Waals surface area contributed by atoms with Crippen LogP contribution >= 0.6 is 0 Å². The third-order valence-electron chi connectivity index (χ3n) is 9.17. The van der Waals surface area contributed by atoms with Crippen LogP contribution in [-0.4, -0.2) is 86.5 Å². The molecule has 2 aliphatic rings. The van der Waals surface area contributed by atoms with Crippen LogP contribution in [0.1, 0.15) is 67.1 Å². The smallest absolute Gasteiger partial charge is 0.270 e. The van der Waals surface area contributed by atoms with Gasteiger partial charge in [0.15, 0.2) is 0 Å². The van der Waals surface area contributed by atoms with E-state index in [1.807, 2.05) is 29.3 Å². The zero-order valence-electron chi connectivity index (χ0n) is 27.4. The minimum absolute atomic E-state index is 0.0476. The standard InChI is InChI=1S/C35H46N8O4/c1-3-31(44)39-29(35(47)43-20-18-42(19-21-43)24-26-8-7-16-36-23-26)22-25-11-13-28(14-12-25)38-34(46)32(27-9-5-4-6-10-27)40-33(45)30-15-17-37-41(30)2/h7-8,11-17,23,27,29,32H,3-6,9-10,18-22,24H2,1-2H3,(H,38,46)(H,39,44)(H,40,45)/t29?,32-/m0/s1. The van der Waals surface area contributed by atoms with Crippen LogP contribution in [0, 0.1) is 5.92 Å². The van der Waals surface area contributed by atoms with Crippen LogP contribution in [0.4, 0.5) is 5.69 Å². The van der Waals surface area contributed by atoms with Crippen molar-refractivity contribution in [3.05, 3.63) is 77.9 Å². The van der Waals surface area contributed by atoms with Crippen LogP contribution in [0.25, 0.3) is 0 Å². The Bertz CT molecular complexity index is 1500. The van der Waals surface area contributed by atoms with E-state index in [9.17, 15) is 19.2 Å². The molecular formula is C35H46N8O4. The molecule has 0 spiro atoms. The number of hydrogen-bond acceptors (Lipinski definition) is 7. The highest BCUT2D eigenvalue weighted by Gasteiger charge is 2.32. The summed E-state index contributed by atoms with van der Waals surface area (Å²) in [6.45, 7) is 5.21. The van der Waals surface area contributed by atoms with Crippen LogP contribution < -0.4 is 16.0 Å². The summed E-state index contributed by atoms with van der Waals surface area (Å²) in [5.41, 5.74) is 2.99. The highest BCUT2D eigenvalue weighted by atomic mass is 16.2. The first kappa shape index (κ1) is 33.8. The van der Waals surface area contributed by atoms with E-state index < -0.39 is 12.1 Å². The van der Waals surface area contributed by atoms with Gasteiger partial charge in [0.1, 0.15) is 17.8 Å². The Labute approximate surface area is 276 Å². The number of nitrogens with zero attached hydrogens (tertiary/aromatic N) is 5. The number of carbonyl (C=O) groups is 4. The van der Waals surface area contributed by atoms with Crippen LogP contribution in [0.5, 0.6) is 0 Å². The third kappa shape index (κ3) is 9.25. The molecule has 2 atom stereocenters. The first-order valence-electron chi connectivity index (χ1n) is 16.7. The molecule has 4 amide bonds. The van der Waals surface area contributed by atoms with Gasteiger partial charge in [0.05, 0.1) is 0 Å². The second-order valence-electron chi connectivity index (χ2n) is 12.5. The Morgan fingerprint density at radius 2 is 1.64 bits per heavy atom. The summed E-state index contributed by atoms with van der Waals surface area (Å²) in [5.74, 6) is -0.808. The van der Waals surface area contributed by atoms with Crippen molar-refractivity contribution in [2.75, 3.05) is 31.5 Å². The highest BCUT2D eigenvalue weighted by molar-refractivity contribution is 6.00. The minimum atomic E-state index is -0.689. The van der Waals surface area contributed by atoms with E-state index in [1.54, 1.807) is 44.6 Å². The first-order valence-corrected chi connectivity index (χ1v) is 16.7. The molecule has 3 heterocycles. The number of aromatic nitrogens is 3. The number of hydrogen-bond donors (Lipinski definition) is 3. The Morgan fingerprint density at radius 1 is 0.894 bits per heavy atom. The van der Waals surface area contributed by atoms with Crippen LogP contribution in [0.15, 0.2) is 61.1 Å². The molecule has 1 aliphatic carbocycles. The van der Waals surface area contributed by atoms with E-state index in [-0.39, 0.29) is 36.0 Å². The summed E-state index contributed by atoms with van der Waals surface area (Å²) in [7, 11) is 1.70. The molecule has 1 aromatic carbocycles. The molecule has 0 radical (unpaired) electrons. The maximum Gasteiger partial charge on any atom is 0.270 e. The Morgan fingerprint density at radius 3 is 2.28 bits per heavy atom. The molecule has 3 N–H and O–H groups in total. The number of benzene rings is 1. The van der Waals surface area contributed by atoms with E-state index in [0.717, 1.165) is 62.9 Å².